The van der Waals surface area contributed by atoms with Crippen molar-refractivity contribution in [2.24, 2.45) is 11.3 Å². The highest BCUT2D eigenvalue weighted by atomic mass is 16.5. The van der Waals surface area contributed by atoms with Crippen molar-refractivity contribution in [3.05, 3.63) is 12.7 Å². The Bertz CT molecular complexity index is 519. The van der Waals surface area contributed by atoms with Gasteiger partial charge in [0.15, 0.2) is 0 Å². The molecule has 0 bridgehead atoms. The summed E-state index contributed by atoms with van der Waals surface area (Å²) in [6.07, 6.45) is 9.41. The highest BCUT2D eigenvalue weighted by Gasteiger charge is 2.39. The number of hydrogen-bond donors (Lipinski definition) is 1. The second kappa shape index (κ2) is 9.72. The number of nitrogens with one attached hydrogen (secondary N) is 1. The predicted octanol–water partition coefficient (Wildman–Crippen LogP) is 4.15. The molecule has 4 atom stereocenters. The van der Waals surface area contributed by atoms with Crippen molar-refractivity contribution in [2.45, 2.75) is 103 Å². The molecule has 1 aliphatic heterocycles. The number of rotatable bonds is 6. The molecule has 1 aliphatic carbocycles. The van der Waals surface area contributed by atoms with Crippen molar-refractivity contribution >= 4 is 11.9 Å². The fourth-order valence-electron chi connectivity index (χ4n) is 4.42. The molecule has 5 nitrogen and oxygen atoms in total. The van der Waals surface area contributed by atoms with Gasteiger partial charge in [-0.2, -0.15) is 0 Å². The van der Waals surface area contributed by atoms with Gasteiger partial charge in [-0.3, -0.25) is 9.59 Å². The van der Waals surface area contributed by atoms with E-state index in [9.17, 15) is 9.59 Å². The van der Waals surface area contributed by atoms with Gasteiger partial charge in [0.05, 0.1) is 12.2 Å². The van der Waals surface area contributed by atoms with Crippen LogP contribution in [0.5, 0.6) is 0 Å². The van der Waals surface area contributed by atoms with Crippen molar-refractivity contribution in [3.63, 3.8) is 0 Å². The molecule has 1 unspecified atom stereocenters. The van der Waals surface area contributed by atoms with E-state index >= 15 is 0 Å². The molecular weight excluding hydrogens is 342 g/mol. The SMILES string of the molecule is C=CC(=O)NC1C[C@@H](C[C@@H](OC(C)=O)C2CCCCC2)O[C@@H](C(C)(C)C)C1. The number of carbonyl (C=O) groups is 2. The predicted molar refractivity (Wildman–Crippen MR) is 106 cm³/mol. The summed E-state index contributed by atoms with van der Waals surface area (Å²) in [4.78, 5) is 23.5. The van der Waals surface area contributed by atoms with E-state index in [1.165, 1.54) is 32.3 Å². The summed E-state index contributed by atoms with van der Waals surface area (Å²) in [5.41, 5.74) is -0.0163. The van der Waals surface area contributed by atoms with Crippen LogP contribution in [0.25, 0.3) is 0 Å². The summed E-state index contributed by atoms with van der Waals surface area (Å²) in [6, 6.07) is 0.0582. The van der Waals surface area contributed by atoms with Crippen LogP contribution in [0.3, 0.4) is 0 Å². The van der Waals surface area contributed by atoms with Gasteiger partial charge in [0, 0.05) is 19.4 Å². The average Bonchev–Trinajstić information content (AvgIpc) is 2.60. The minimum absolute atomic E-state index is 0.0163. The van der Waals surface area contributed by atoms with Gasteiger partial charge in [0.1, 0.15) is 6.10 Å². The standard InChI is InChI=1S/C22H37NO4/c1-6-21(25)23-17-12-18(27-20(13-17)22(3,4)5)14-19(26-15(2)24)16-10-8-7-9-11-16/h6,16-20H,1,7-14H2,2-5H3,(H,23,25)/t17?,18-,19+,20+/m0/s1. The Morgan fingerprint density at radius 1 is 1.22 bits per heavy atom. The van der Waals surface area contributed by atoms with E-state index in [-0.39, 0.29) is 41.6 Å². The van der Waals surface area contributed by atoms with Gasteiger partial charge in [-0.25, -0.2) is 0 Å². The maximum Gasteiger partial charge on any atom is 0.302 e. The first-order chi connectivity index (χ1) is 12.7. The van der Waals surface area contributed by atoms with Crippen LogP contribution in [0.1, 0.15) is 79.1 Å². The first kappa shape index (κ1) is 21.9. The highest BCUT2D eigenvalue weighted by molar-refractivity contribution is 5.87. The average molecular weight is 380 g/mol. The molecule has 2 fully saturated rings. The van der Waals surface area contributed by atoms with Crippen molar-refractivity contribution < 1.29 is 19.1 Å². The fourth-order valence-corrected chi connectivity index (χ4v) is 4.42. The maximum absolute atomic E-state index is 11.8. The van der Waals surface area contributed by atoms with Crippen molar-refractivity contribution in [1.29, 1.82) is 0 Å². The Hall–Kier alpha value is -1.36. The molecule has 1 saturated heterocycles. The molecule has 0 radical (unpaired) electrons. The van der Waals surface area contributed by atoms with Crippen molar-refractivity contribution in [2.75, 3.05) is 0 Å². The van der Waals surface area contributed by atoms with Crippen LogP contribution in [-0.2, 0) is 19.1 Å². The third kappa shape index (κ3) is 6.95. The molecule has 0 aromatic heterocycles. The van der Waals surface area contributed by atoms with E-state index in [0.717, 1.165) is 25.7 Å². The third-order valence-corrected chi connectivity index (χ3v) is 5.89. The molecule has 2 aliphatic rings. The van der Waals surface area contributed by atoms with Gasteiger partial charge in [0.25, 0.3) is 0 Å². The molecule has 0 aromatic rings. The van der Waals surface area contributed by atoms with E-state index in [4.69, 9.17) is 9.47 Å². The van der Waals surface area contributed by atoms with Crippen LogP contribution < -0.4 is 5.32 Å². The quantitative estimate of drug-likeness (QED) is 0.556. The van der Waals surface area contributed by atoms with Gasteiger partial charge >= 0.3 is 5.97 Å². The minimum atomic E-state index is -0.217. The molecule has 5 heteroatoms. The number of esters is 1. The lowest BCUT2D eigenvalue weighted by atomic mass is 9.79. The summed E-state index contributed by atoms with van der Waals surface area (Å²) in [7, 11) is 0. The zero-order valence-electron chi connectivity index (χ0n) is 17.5. The zero-order valence-corrected chi connectivity index (χ0v) is 17.5. The Labute approximate surface area is 164 Å². The summed E-state index contributed by atoms with van der Waals surface area (Å²) in [6.45, 7) is 11.5. The fraction of sp³-hybridized carbons (Fsp3) is 0.818. The molecule has 2 rings (SSSR count). The van der Waals surface area contributed by atoms with E-state index in [2.05, 4.69) is 32.7 Å². The third-order valence-electron chi connectivity index (χ3n) is 5.89. The molecule has 1 amide bonds. The lowest BCUT2D eigenvalue weighted by Gasteiger charge is -2.43. The molecule has 154 valence electrons. The monoisotopic (exact) mass is 379 g/mol. The number of carbonyl (C=O) groups excluding carboxylic acids is 2. The lowest BCUT2D eigenvalue weighted by Crippen LogP contribution is -2.49. The first-order valence-electron chi connectivity index (χ1n) is 10.4. The lowest BCUT2D eigenvalue weighted by molar-refractivity contribution is -0.158. The molecule has 0 aromatic carbocycles. The molecule has 1 heterocycles. The van der Waals surface area contributed by atoms with Crippen LogP contribution in [0.4, 0.5) is 0 Å². The Kier molecular flexibility index (Phi) is 7.90. The first-order valence-corrected chi connectivity index (χ1v) is 10.4. The van der Waals surface area contributed by atoms with E-state index in [1.54, 1.807) is 0 Å². The Balaban J connectivity index is 2.09. The highest BCUT2D eigenvalue weighted by Crippen LogP contribution is 2.36. The molecule has 1 saturated carbocycles. The molecule has 1 N–H and O–H groups in total. The largest absolute Gasteiger partial charge is 0.462 e. The smallest absolute Gasteiger partial charge is 0.302 e. The summed E-state index contributed by atoms with van der Waals surface area (Å²) in [5, 5.41) is 3.05. The number of amides is 1. The van der Waals surface area contributed by atoms with Crippen molar-refractivity contribution in [1.82, 2.24) is 5.32 Å². The van der Waals surface area contributed by atoms with Crippen LogP contribution >= 0.6 is 0 Å². The van der Waals surface area contributed by atoms with Crippen LogP contribution in [0.2, 0.25) is 0 Å². The number of ether oxygens (including phenoxy) is 2. The molecule has 27 heavy (non-hydrogen) atoms. The second-order valence-electron chi connectivity index (χ2n) is 9.28. The summed E-state index contributed by atoms with van der Waals surface area (Å²) < 4.78 is 12.2. The van der Waals surface area contributed by atoms with E-state index in [1.807, 2.05) is 0 Å². The molecular formula is C22H37NO4. The van der Waals surface area contributed by atoms with Gasteiger partial charge in [-0.1, -0.05) is 46.6 Å². The Morgan fingerprint density at radius 2 is 1.89 bits per heavy atom. The van der Waals surface area contributed by atoms with Gasteiger partial charge in [-0.05, 0) is 43.1 Å². The van der Waals surface area contributed by atoms with Crippen LogP contribution in [-0.4, -0.2) is 36.2 Å². The topological polar surface area (TPSA) is 64.6 Å². The van der Waals surface area contributed by atoms with Crippen molar-refractivity contribution in [3.8, 4) is 0 Å². The molecule has 0 spiro atoms. The van der Waals surface area contributed by atoms with Crippen LogP contribution in [0, 0.1) is 11.3 Å². The summed E-state index contributed by atoms with van der Waals surface area (Å²) >= 11 is 0. The zero-order chi connectivity index (χ0) is 20.0. The van der Waals surface area contributed by atoms with Gasteiger partial charge in [0.2, 0.25) is 5.91 Å². The Morgan fingerprint density at radius 3 is 2.44 bits per heavy atom. The van der Waals surface area contributed by atoms with Crippen LogP contribution in [0.15, 0.2) is 12.7 Å². The van der Waals surface area contributed by atoms with E-state index < -0.39 is 0 Å². The van der Waals surface area contributed by atoms with E-state index in [0.29, 0.717) is 12.3 Å². The van der Waals surface area contributed by atoms with Gasteiger partial charge < -0.3 is 14.8 Å². The second-order valence-corrected chi connectivity index (χ2v) is 9.28. The normalized spacial score (nSPS) is 28.2. The minimum Gasteiger partial charge on any atom is -0.462 e. The maximum atomic E-state index is 11.8. The summed E-state index contributed by atoms with van der Waals surface area (Å²) in [5.74, 6) is 0.0601. The number of hydrogen-bond acceptors (Lipinski definition) is 4. The van der Waals surface area contributed by atoms with Gasteiger partial charge in [-0.15, -0.1) is 0 Å².